The van der Waals surface area contributed by atoms with Crippen LogP contribution in [0.5, 0.6) is 11.5 Å². The van der Waals surface area contributed by atoms with Crippen LogP contribution >= 0.6 is 0 Å². The van der Waals surface area contributed by atoms with Crippen molar-refractivity contribution in [2.24, 2.45) is 0 Å². The Balaban J connectivity index is 1.54. The Labute approximate surface area is 129 Å². The lowest BCUT2D eigenvalue weighted by Gasteiger charge is -2.20. The van der Waals surface area contributed by atoms with Crippen LogP contribution in [0.15, 0.2) is 48.5 Å². The number of phenolic OH excluding ortho intramolecular Hbond substituents is 1. The Hall–Kier alpha value is -2.69. The molecule has 2 aromatic carbocycles. The predicted octanol–water partition coefficient (Wildman–Crippen LogP) is 2.37. The molecule has 5 nitrogen and oxygen atoms in total. The summed E-state index contributed by atoms with van der Waals surface area (Å²) in [5.74, 6) is 0.767. The number of carbonyl (C=O) groups is 1. The van der Waals surface area contributed by atoms with Gasteiger partial charge in [-0.25, -0.2) is 0 Å². The van der Waals surface area contributed by atoms with Gasteiger partial charge in [-0.1, -0.05) is 18.2 Å². The number of aromatic hydroxyl groups is 1. The van der Waals surface area contributed by atoms with Crippen LogP contribution in [0.1, 0.15) is 16.8 Å². The van der Waals surface area contributed by atoms with Gasteiger partial charge in [0.2, 0.25) is 0 Å². The van der Waals surface area contributed by atoms with Gasteiger partial charge in [-0.3, -0.25) is 4.79 Å². The Morgan fingerprint density at radius 3 is 2.82 bits per heavy atom. The molecule has 1 heterocycles. The number of rotatable bonds is 4. The van der Waals surface area contributed by atoms with E-state index in [0.29, 0.717) is 24.3 Å². The number of hydrogen-bond donors (Lipinski definition) is 2. The molecule has 5 heteroatoms. The molecular formula is C17H18N2O3. The molecule has 3 rings (SSSR count). The first-order valence-corrected chi connectivity index (χ1v) is 7.21. The topological polar surface area (TPSA) is 61.8 Å². The minimum Gasteiger partial charge on any atom is -0.508 e. The average Bonchev–Trinajstić information content (AvgIpc) is 2.83. The molecule has 1 atom stereocenters. The van der Waals surface area contributed by atoms with Gasteiger partial charge in [0, 0.05) is 31.6 Å². The number of nitrogens with one attached hydrogen (secondary N) is 1. The number of hydrogen-bond acceptors (Lipinski definition) is 4. The predicted molar refractivity (Wildman–Crippen MR) is 84.3 cm³/mol. The fourth-order valence-electron chi connectivity index (χ4n) is 2.52. The number of phenols is 1. The molecule has 0 aliphatic carbocycles. The summed E-state index contributed by atoms with van der Waals surface area (Å²) in [7, 11) is 1.94. The van der Waals surface area contributed by atoms with E-state index in [0.717, 1.165) is 5.69 Å². The van der Waals surface area contributed by atoms with Crippen molar-refractivity contribution in [1.29, 1.82) is 0 Å². The van der Waals surface area contributed by atoms with E-state index in [1.807, 2.05) is 36.2 Å². The second-order valence-corrected chi connectivity index (χ2v) is 5.25. The summed E-state index contributed by atoms with van der Waals surface area (Å²) in [6.45, 7) is 0.517. The molecule has 1 unspecified atom stereocenters. The zero-order valence-corrected chi connectivity index (χ0v) is 12.3. The summed E-state index contributed by atoms with van der Waals surface area (Å²) >= 11 is 0. The number of ether oxygens (including phenoxy) is 1. The quantitative estimate of drug-likeness (QED) is 0.909. The molecule has 0 bridgehead atoms. The molecule has 114 valence electrons. The summed E-state index contributed by atoms with van der Waals surface area (Å²) in [6.07, 6.45) is 0.512. The van der Waals surface area contributed by atoms with Gasteiger partial charge in [0.25, 0.3) is 5.91 Å². The van der Waals surface area contributed by atoms with Crippen LogP contribution in [0.2, 0.25) is 0 Å². The van der Waals surface area contributed by atoms with Crippen molar-refractivity contribution < 1.29 is 14.6 Å². The van der Waals surface area contributed by atoms with Crippen molar-refractivity contribution in [2.75, 3.05) is 18.5 Å². The number of anilines is 1. The molecule has 0 radical (unpaired) electrons. The summed E-state index contributed by atoms with van der Waals surface area (Å²) in [5.41, 5.74) is 1.59. The number of nitrogens with zero attached hydrogens (tertiary/aromatic N) is 1. The summed E-state index contributed by atoms with van der Waals surface area (Å²) < 4.78 is 5.80. The summed E-state index contributed by atoms with van der Waals surface area (Å²) in [4.78, 5) is 14.0. The highest BCUT2D eigenvalue weighted by Crippen LogP contribution is 2.38. The maximum atomic E-state index is 12.0. The average molecular weight is 298 g/mol. The van der Waals surface area contributed by atoms with Crippen molar-refractivity contribution in [3.05, 3.63) is 54.1 Å². The molecule has 0 aromatic heterocycles. The minimum absolute atomic E-state index is 0.0867. The molecule has 2 aromatic rings. The van der Waals surface area contributed by atoms with Gasteiger partial charge in [-0.2, -0.15) is 0 Å². The van der Waals surface area contributed by atoms with Crippen molar-refractivity contribution >= 4 is 11.6 Å². The molecule has 0 saturated carbocycles. The Morgan fingerprint density at radius 1 is 1.27 bits per heavy atom. The van der Waals surface area contributed by atoms with Crippen molar-refractivity contribution in [3.63, 3.8) is 0 Å². The van der Waals surface area contributed by atoms with E-state index in [2.05, 4.69) is 5.32 Å². The normalized spacial score (nSPS) is 16.0. The first-order chi connectivity index (χ1) is 10.6. The van der Waals surface area contributed by atoms with Crippen LogP contribution in [-0.2, 0) is 0 Å². The van der Waals surface area contributed by atoms with Gasteiger partial charge >= 0.3 is 0 Å². The molecule has 0 fully saturated rings. The van der Waals surface area contributed by atoms with Crippen molar-refractivity contribution in [2.45, 2.75) is 12.6 Å². The third kappa shape index (κ3) is 2.83. The number of carbonyl (C=O) groups excluding carboxylic acids is 1. The van der Waals surface area contributed by atoms with Crippen LogP contribution in [0.3, 0.4) is 0 Å². The highest BCUT2D eigenvalue weighted by atomic mass is 16.5. The van der Waals surface area contributed by atoms with E-state index < -0.39 is 0 Å². The third-order valence-corrected chi connectivity index (χ3v) is 3.73. The Morgan fingerprint density at radius 2 is 2.05 bits per heavy atom. The molecule has 0 spiro atoms. The SMILES string of the molecule is CN1c2ccc(O)cc2OC1CCNC(=O)c1ccccc1. The first-order valence-electron chi connectivity index (χ1n) is 7.21. The van der Waals surface area contributed by atoms with Crippen molar-refractivity contribution in [3.8, 4) is 11.5 Å². The second kappa shape index (κ2) is 5.97. The standard InChI is InChI=1S/C17H18N2O3/c1-19-14-8-7-13(20)11-15(14)22-16(19)9-10-18-17(21)12-5-3-2-4-6-12/h2-8,11,16,20H,9-10H2,1H3,(H,18,21). The van der Waals surface area contributed by atoms with Gasteiger partial charge in [0.05, 0.1) is 5.69 Å². The van der Waals surface area contributed by atoms with Gasteiger partial charge in [-0.05, 0) is 24.3 Å². The lowest BCUT2D eigenvalue weighted by atomic mass is 10.2. The van der Waals surface area contributed by atoms with E-state index in [-0.39, 0.29) is 17.9 Å². The van der Waals surface area contributed by atoms with Crippen LogP contribution in [0.4, 0.5) is 5.69 Å². The monoisotopic (exact) mass is 298 g/mol. The van der Waals surface area contributed by atoms with E-state index in [1.54, 1.807) is 24.3 Å². The second-order valence-electron chi connectivity index (χ2n) is 5.25. The summed E-state index contributed by atoms with van der Waals surface area (Å²) in [5, 5.41) is 12.4. The highest BCUT2D eigenvalue weighted by molar-refractivity contribution is 5.94. The van der Waals surface area contributed by atoms with Gasteiger partial charge in [-0.15, -0.1) is 0 Å². The highest BCUT2D eigenvalue weighted by Gasteiger charge is 2.27. The van der Waals surface area contributed by atoms with Gasteiger partial charge in [0.1, 0.15) is 11.5 Å². The largest absolute Gasteiger partial charge is 0.508 e. The maximum absolute atomic E-state index is 12.0. The minimum atomic E-state index is -0.145. The zero-order valence-electron chi connectivity index (χ0n) is 12.3. The number of fused-ring (bicyclic) bond motifs is 1. The summed E-state index contributed by atoms with van der Waals surface area (Å²) in [6, 6.07) is 14.2. The fraction of sp³-hybridized carbons (Fsp3) is 0.235. The third-order valence-electron chi connectivity index (χ3n) is 3.73. The van der Waals surface area contributed by atoms with E-state index >= 15 is 0 Å². The fourth-order valence-corrected chi connectivity index (χ4v) is 2.52. The van der Waals surface area contributed by atoms with Crippen LogP contribution in [0, 0.1) is 0 Å². The molecular weight excluding hydrogens is 280 g/mol. The van der Waals surface area contributed by atoms with E-state index in [1.165, 1.54) is 0 Å². The Bertz CT molecular complexity index is 673. The van der Waals surface area contributed by atoms with Crippen LogP contribution in [-0.4, -0.2) is 30.8 Å². The molecule has 1 aliphatic rings. The van der Waals surface area contributed by atoms with Gasteiger partial charge in [0.15, 0.2) is 6.23 Å². The smallest absolute Gasteiger partial charge is 0.251 e. The lowest BCUT2D eigenvalue weighted by molar-refractivity contribution is 0.0947. The molecule has 22 heavy (non-hydrogen) atoms. The van der Waals surface area contributed by atoms with Crippen LogP contribution in [0.25, 0.3) is 0 Å². The lowest BCUT2D eigenvalue weighted by Crippen LogP contribution is -2.35. The van der Waals surface area contributed by atoms with E-state index in [9.17, 15) is 9.90 Å². The van der Waals surface area contributed by atoms with Crippen LogP contribution < -0.4 is 15.0 Å². The number of benzene rings is 2. The maximum Gasteiger partial charge on any atom is 0.251 e. The molecule has 0 saturated heterocycles. The van der Waals surface area contributed by atoms with Gasteiger partial charge < -0.3 is 20.1 Å². The first kappa shape index (κ1) is 14.3. The van der Waals surface area contributed by atoms with Crippen molar-refractivity contribution in [1.82, 2.24) is 5.32 Å². The number of amides is 1. The zero-order chi connectivity index (χ0) is 15.5. The Kier molecular flexibility index (Phi) is 3.87. The molecule has 1 aliphatic heterocycles. The molecule has 1 amide bonds. The van der Waals surface area contributed by atoms with E-state index in [4.69, 9.17) is 4.74 Å². The molecule has 2 N–H and O–H groups in total.